The number of nitrogens with two attached hydrogens (primary N) is 1. The van der Waals surface area contributed by atoms with Gasteiger partial charge in [0.25, 0.3) is 0 Å². The van der Waals surface area contributed by atoms with Gasteiger partial charge < -0.3 is 15.6 Å². The second-order valence-electron chi connectivity index (χ2n) is 4.39. The summed E-state index contributed by atoms with van der Waals surface area (Å²) < 4.78 is 5.54. The molecule has 0 bridgehead atoms. The molecule has 0 spiro atoms. The molecule has 0 heterocycles. The van der Waals surface area contributed by atoms with Crippen LogP contribution in [0.1, 0.15) is 32.6 Å². The zero-order valence-electron chi connectivity index (χ0n) is 9.11. The Morgan fingerprint density at radius 3 is 2.50 bits per heavy atom. The fraction of sp³-hybridized carbons (Fsp3) is 1.00. The molecule has 84 valence electrons. The molecule has 3 N–H and O–H groups in total. The number of hydrogen-bond donors (Lipinski definition) is 2. The number of ether oxygens (including phenoxy) is 1. The fourth-order valence-corrected chi connectivity index (χ4v) is 2.26. The lowest BCUT2D eigenvalue weighted by Gasteiger charge is -2.31. The molecule has 1 atom stereocenters. The molecule has 0 radical (unpaired) electrons. The van der Waals surface area contributed by atoms with Crippen LogP contribution in [0.15, 0.2) is 0 Å². The number of aliphatic hydroxyl groups is 1. The largest absolute Gasteiger partial charge is 0.394 e. The molecule has 1 saturated carbocycles. The topological polar surface area (TPSA) is 55.5 Å². The maximum absolute atomic E-state index is 8.69. The van der Waals surface area contributed by atoms with E-state index in [-0.39, 0.29) is 12.7 Å². The minimum absolute atomic E-state index is 0.0968. The Balaban J connectivity index is 2.29. The third-order valence-electron chi connectivity index (χ3n) is 3.24. The third-order valence-corrected chi connectivity index (χ3v) is 3.24. The van der Waals surface area contributed by atoms with E-state index >= 15 is 0 Å². The highest BCUT2D eigenvalue weighted by Crippen LogP contribution is 2.31. The maximum atomic E-state index is 8.69. The molecule has 1 unspecified atom stereocenters. The van der Waals surface area contributed by atoms with Crippen molar-refractivity contribution in [2.75, 3.05) is 19.8 Å². The van der Waals surface area contributed by atoms with Crippen LogP contribution in [-0.2, 0) is 4.74 Å². The van der Waals surface area contributed by atoms with Crippen molar-refractivity contribution in [3.05, 3.63) is 0 Å². The van der Waals surface area contributed by atoms with E-state index in [1.54, 1.807) is 0 Å². The summed E-state index contributed by atoms with van der Waals surface area (Å²) in [7, 11) is 0. The van der Waals surface area contributed by atoms with Crippen molar-refractivity contribution >= 4 is 0 Å². The molecule has 0 saturated heterocycles. The molecule has 3 heteroatoms. The lowest BCUT2D eigenvalue weighted by atomic mass is 9.80. The molecule has 0 aromatic heterocycles. The van der Waals surface area contributed by atoms with Crippen LogP contribution in [0.5, 0.6) is 0 Å². The average molecular weight is 201 g/mol. The van der Waals surface area contributed by atoms with Crippen molar-refractivity contribution in [2.45, 2.75) is 38.7 Å². The molecule has 0 aliphatic heterocycles. The predicted octanol–water partition coefficient (Wildman–Crippen LogP) is 1.15. The summed E-state index contributed by atoms with van der Waals surface area (Å²) in [6, 6.07) is 0. The van der Waals surface area contributed by atoms with Gasteiger partial charge in [0.15, 0.2) is 0 Å². The number of rotatable bonds is 5. The highest BCUT2D eigenvalue weighted by molar-refractivity contribution is 4.77. The molecular formula is C11H23NO2. The van der Waals surface area contributed by atoms with Crippen LogP contribution in [0.3, 0.4) is 0 Å². The zero-order valence-corrected chi connectivity index (χ0v) is 9.11. The summed E-state index contributed by atoms with van der Waals surface area (Å²) in [6.07, 6.45) is 5.21. The first-order valence-electron chi connectivity index (χ1n) is 5.70. The Kier molecular flexibility index (Phi) is 5.45. The van der Waals surface area contributed by atoms with E-state index in [2.05, 4.69) is 6.92 Å². The first kappa shape index (κ1) is 12.0. The second-order valence-corrected chi connectivity index (χ2v) is 4.39. The van der Waals surface area contributed by atoms with Gasteiger partial charge in [-0.05, 0) is 24.7 Å². The van der Waals surface area contributed by atoms with E-state index in [9.17, 15) is 0 Å². The van der Waals surface area contributed by atoms with Crippen LogP contribution in [0.4, 0.5) is 0 Å². The van der Waals surface area contributed by atoms with Gasteiger partial charge in [-0.15, -0.1) is 0 Å². The van der Waals surface area contributed by atoms with Crippen LogP contribution >= 0.6 is 0 Å². The Bertz CT molecular complexity index is 141. The quantitative estimate of drug-likeness (QED) is 0.701. The number of hydrogen-bond acceptors (Lipinski definition) is 3. The third kappa shape index (κ3) is 3.56. The van der Waals surface area contributed by atoms with Gasteiger partial charge in [-0.2, -0.15) is 0 Å². The molecule has 1 aliphatic rings. The molecule has 0 amide bonds. The Hall–Kier alpha value is -0.120. The van der Waals surface area contributed by atoms with Gasteiger partial charge in [-0.1, -0.05) is 19.8 Å². The van der Waals surface area contributed by atoms with E-state index in [0.29, 0.717) is 19.1 Å². The SMILES string of the molecule is CC1CCC(C(CN)OCCO)CC1. The highest BCUT2D eigenvalue weighted by Gasteiger charge is 2.25. The molecule has 3 nitrogen and oxygen atoms in total. The van der Waals surface area contributed by atoms with Gasteiger partial charge in [0.2, 0.25) is 0 Å². The number of aliphatic hydroxyl groups excluding tert-OH is 1. The van der Waals surface area contributed by atoms with Gasteiger partial charge in [0.1, 0.15) is 0 Å². The van der Waals surface area contributed by atoms with Crippen molar-refractivity contribution in [1.29, 1.82) is 0 Å². The smallest absolute Gasteiger partial charge is 0.0726 e. The van der Waals surface area contributed by atoms with Crippen molar-refractivity contribution in [3.8, 4) is 0 Å². The normalized spacial score (nSPS) is 30.2. The summed E-state index contributed by atoms with van der Waals surface area (Å²) in [5, 5.41) is 8.69. The van der Waals surface area contributed by atoms with Crippen LogP contribution in [-0.4, -0.2) is 31.0 Å². The molecule has 1 rings (SSSR count). The lowest BCUT2D eigenvalue weighted by molar-refractivity contribution is -0.0129. The van der Waals surface area contributed by atoms with Gasteiger partial charge in [-0.3, -0.25) is 0 Å². The lowest BCUT2D eigenvalue weighted by Crippen LogP contribution is -2.35. The second kappa shape index (κ2) is 6.38. The van der Waals surface area contributed by atoms with Gasteiger partial charge in [0, 0.05) is 6.54 Å². The summed E-state index contributed by atoms with van der Waals surface area (Å²) >= 11 is 0. The molecule has 14 heavy (non-hydrogen) atoms. The Labute approximate surface area is 86.6 Å². The van der Waals surface area contributed by atoms with Gasteiger partial charge in [0.05, 0.1) is 19.3 Å². The summed E-state index contributed by atoms with van der Waals surface area (Å²) in [5.41, 5.74) is 5.67. The van der Waals surface area contributed by atoms with Crippen LogP contribution < -0.4 is 5.73 Å². The standard InChI is InChI=1S/C11H23NO2/c1-9-2-4-10(5-3-9)11(8-12)14-7-6-13/h9-11,13H,2-8,12H2,1H3. The van der Waals surface area contributed by atoms with E-state index in [1.807, 2.05) is 0 Å². The predicted molar refractivity (Wildman–Crippen MR) is 57.0 cm³/mol. The molecule has 0 aromatic rings. The van der Waals surface area contributed by atoms with Crippen molar-refractivity contribution in [1.82, 2.24) is 0 Å². The van der Waals surface area contributed by atoms with E-state index in [4.69, 9.17) is 15.6 Å². The molecule has 1 aliphatic carbocycles. The summed E-state index contributed by atoms with van der Waals surface area (Å²) in [5.74, 6) is 1.48. The van der Waals surface area contributed by atoms with Crippen molar-refractivity contribution < 1.29 is 9.84 Å². The van der Waals surface area contributed by atoms with Crippen molar-refractivity contribution in [3.63, 3.8) is 0 Å². The maximum Gasteiger partial charge on any atom is 0.0726 e. The van der Waals surface area contributed by atoms with E-state index < -0.39 is 0 Å². The van der Waals surface area contributed by atoms with E-state index in [1.165, 1.54) is 25.7 Å². The Morgan fingerprint density at radius 1 is 1.36 bits per heavy atom. The van der Waals surface area contributed by atoms with E-state index in [0.717, 1.165) is 5.92 Å². The van der Waals surface area contributed by atoms with Crippen molar-refractivity contribution in [2.24, 2.45) is 17.6 Å². The van der Waals surface area contributed by atoms with Crippen LogP contribution in [0.25, 0.3) is 0 Å². The fourth-order valence-electron chi connectivity index (χ4n) is 2.26. The zero-order chi connectivity index (χ0) is 10.4. The first-order valence-corrected chi connectivity index (χ1v) is 5.70. The average Bonchev–Trinajstić information content (AvgIpc) is 2.21. The van der Waals surface area contributed by atoms with Crippen LogP contribution in [0, 0.1) is 11.8 Å². The monoisotopic (exact) mass is 201 g/mol. The molecule has 0 aromatic carbocycles. The minimum atomic E-state index is 0.0968. The summed E-state index contributed by atoms with van der Waals surface area (Å²) in [4.78, 5) is 0. The summed E-state index contributed by atoms with van der Waals surface area (Å²) in [6.45, 7) is 3.41. The Morgan fingerprint density at radius 2 is 2.00 bits per heavy atom. The first-order chi connectivity index (χ1) is 6.77. The van der Waals surface area contributed by atoms with Gasteiger partial charge >= 0.3 is 0 Å². The highest BCUT2D eigenvalue weighted by atomic mass is 16.5. The molecule has 1 fully saturated rings. The molecular weight excluding hydrogens is 178 g/mol. The van der Waals surface area contributed by atoms with Crippen LogP contribution in [0.2, 0.25) is 0 Å². The minimum Gasteiger partial charge on any atom is -0.394 e. The van der Waals surface area contributed by atoms with Gasteiger partial charge in [-0.25, -0.2) is 0 Å².